The van der Waals surface area contributed by atoms with Crippen LogP contribution in [-0.4, -0.2) is 54.7 Å². The van der Waals surface area contributed by atoms with E-state index in [0.29, 0.717) is 23.9 Å². The number of esters is 1. The predicted molar refractivity (Wildman–Crippen MR) is 66.9 cm³/mol. The zero-order valence-electron chi connectivity index (χ0n) is 10.3. The second-order valence-corrected chi connectivity index (χ2v) is 4.37. The largest absolute Gasteiger partial charge is 0.467 e. The molecule has 0 spiro atoms. The van der Waals surface area contributed by atoms with Gasteiger partial charge in [0.15, 0.2) is 6.04 Å². The lowest BCUT2D eigenvalue weighted by atomic mass is 10.1. The average molecular weight is 285 g/mol. The number of rotatable bonds is 2. The minimum absolute atomic E-state index is 0.138. The summed E-state index contributed by atoms with van der Waals surface area (Å²) in [6.45, 7) is 0.862. The van der Waals surface area contributed by atoms with Crippen LogP contribution in [0.2, 0.25) is 5.15 Å². The lowest BCUT2D eigenvalue weighted by Gasteiger charge is -2.33. The van der Waals surface area contributed by atoms with Gasteiger partial charge in [-0.15, -0.1) is 0 Å². The van der Waals surface area contributed by atoms with Crippen LogP contribution in [0.3, 0.4) is 0 Å². The molecule has 1 atom stereocenters. The quantitative estimate of drug-likeness (QED) is 0.592. The van der Waals surface area contributed by atoms with Crippen LogP contribution < -0.4 is 0 Å². The first-order chi connectivity index (χ1) is 9.13. The molecule has 1 fully saturated rings. The van der Waals surface area contributed by atoms with Crippen LogP contribution >= 0.6 is 11.6 Å². The summed E-state index contributed by atoms with van der Waals surface area (Å²) >= 11 is 5.67. The Labute approximate surface area is 115 Å². The van der Waals surface area contributed by atoms with Gasteiger partial charge in [-0.3, -0.25) is 4.79 Å². The van der Waals surface area contributed by atoms with E-state index in [-0.39, 0.29) is 12.5 Å². The molecule has 0 saturated carbocycles. The third kappa shape index (κ3) is 3.02. The van der Waals surface area contributed by atoms with Gasteiger partial charge < -0.3 is 14.4 Å². The van der Waals surface area contributed by atoms with E-state index in [1.54, 1.807) is 6.07 Å². The van der Waals surface area contributed by atoms with E-state index in [0.717, 1.165) is 0 Å². The van der Waals surface area contributed by atoms with Gasteiger partial charge in [0, 0.05) is 12.7 Å². The molecule has 102 valence electrons. The Hall–Kier alpha value is -1.66. The maximum absolute atomic E-state index is 12.3. The molecular weight excluding hydrogens is 272 g/mol. The highest BCUT2D eigenvalue weighted by Crippen LogP contribution is 2.14. The van der Waals surface area contributed by atoms with E-state index >= 15 is 0 Å². The molecule has 0 bridgehead atoms. The number of morpholine rings is 1. The molecule has 6 nitrogen and oxygen atoms in total. The van der Waals surface area contributed by atoms with Crippen molar-refractivity contribution in [1.82, 2.24) is 9.88 Å². The van der Waals surface area contributed by atoms with E-state index in [4.69, 9.17) is 16.3 Å². The van der Waals surface area contributed by atoms with Crippen LogP contribution in [0.5, 0.6) is 0 Å². The number of ether oxygens (including phenoxy) is 2. The first-order valence-electron chi connectivity index (χ1n) is 5.71. The highest BCUT2D eigenvalue weighted by atomic mass is 35.5. The molecule has 0 radical (unpaired) electrons. The maximum atomic E-state index is 12.3. The van der Waals surface area contributed by atoms with Gasteiger partial charge in [-0.05, 0) is 12.1 Å². The van der Waals surface area contributed by atoms with Crippen LogP contribution in [0.4, 0.5) is 0 Å². The van der Waals surface area contributed by atoms with Gasteiger partial charge in [-0.2, -0.15) is 0 Å². The molecule has 2 heterocycles. The summed E-state index contributed by atoms with van der Waals surface area (Å²) < 4.78 is 9.88. The summed E-state index contributed by atoms with van der Waals surface area (Å²) in [7, 11) is 1.28. The number of methoxy groups -OCH3 is 1. The second kappa shape index (κ2) is 5.99. The summed E-state index contributed by atoms with van der Waals surface area (Å²) in [5.41, 5.74) is 0.375. The molecule has 19 heavy (non-hydrogen) atoms. The van der Waals surface area contributed by atoms with Gasteiger partial charge in [0.25, 0.3) is 5.91 Å². The van der Waals surface area contributed by atoms with Crippen LogP contribution in [0, 0.1) is 0 Å². The molecule has 1 aliphatic heterocycles. The highest BCUT2D eigenvalue weighted by molar-refractivity contribution is 6.29. The number of aromatic nitrogens is 1. The summed E-state index contributed by atoms with van der Waals surface area (Å²) in [4.78, 5) is 29.2. The first-order valence-corrected chi connectivity index (χ1v) is 6.09. The number of amides is 1. The van der Waals surface area contributed by atoms with E-state index in [1.807, 2.05) is 0 Å². The minimum Gasteiger partial charge on any atom is -0.467 e. The van der Waals surface area contributed by atoms with Crippen molar-refractivity contribution in [1.29, 1.82) is 0 Å². The van der Waals surface area contributed by atoms with Crippen molar-refractivity contribution in [3.05, 3.63) is 29.0 Å². The number of carbonyl (C=O) groups is 2. The molecule has 7 heteroatoms. The Morgan fingerprint density at radius 3 is 2.95 bits per heavy atom. The van der Waals surface area contributed by atoms with Gasteiger partial charge in [0.05, 0.1) is 25.9 Å². The fraction of sp³-hybridized carbons (Fsp3) is 0.417. The van der Waals surface area contributed by atoms with Gasteiger partial charge in [0.2, 0.25) is 0 Å². The molecule has 1 aliphatic rings. The molecule has 1 aromatic rings. The Kier molecular flexibility index (Phi) is 4.34. The topological polar surface area (TPSA) is 68.7 Å². The molecule has 1 unspecified atom stereocenters. The van der Waals surface area contributed by atoms with Crippen molar-refractivity contribution >= 4 is 23.5 Å². The summed E-state index contributed by atoms with van der Waals surface area (Å²) in [6, 6.07) is 2.38. The Morgan fingerprint density at radius 2 is 2.32 bits per heavy atom. The van der Waals surface area contributed by atoms with Crippen molar-refractivity contribution < 1.29 is 19.1 Å². The third-order valence-corrected chi connectivity index (χ3v) is 3.06. The number of hydrogen-bond donors (Lipinski definition) is 0. The molecular formula is C12H13ClN2O4. The van der Waals surface area contributed by atoms with Crippen molar-refractivity contribution in [3.8, 4) is 0 Å². The minimum atomic E-state index is -0.720. The van der Waals surface area contributed by atoms with Crippen molar-refractivity contribution in [2.45, 2.75) is 6.04 Å². The molecule has 0 aromatic carbocycles. The van der Waals surface area contributed by atoms with Crippen LogP contribution in [0.1, 0.15) is 10.4 Å². The van der Waals surface area contributed by atoms with Gasteiger partial charge in [-0.25, -0.2) is 9.78 Å². The molecule has 1 aromatic heterocycles. The fourth-order valence-electron chi connectivity index (χ4n) is 1.85. The molecule has 0 aliphatic carbocycles. The van der Waals surface area contributed by atoms with E-state index < -0.39 is 12.0 Å². The third-order valence-electron chi connectivity index (χ3n) is 2.84. The van der Waals surface area contributed by atoms with Gasteiger partial charge in [-0.1, -0.05) is 11.6 Å². The number of pyridine rings is 1. The smallest absolute Gasteiger partial charge is 0.331 e. The normalized spacial score (nSPS) is 19.1. The molecule has 0 N–H and O–H groups in total. The zero-order chi connectivity index (χ0) is 13.8. The van der Waals surface area contributed by atoms with Crippen molar-refractivity contribution in [3.63, 3.8) is 0 Å². The van der Waals surface area contributed by atoms with E-state index in [2.05, 4.69) is 9.72 Å². The van der Waals surface area contributed by atoms with Gasteiger partial charge >= 0.3 is 5.97 Å². The molecule has 1 saturated heterocycles. The van der Waals surface area contributed by atoms with Crippen molar-refractivity contribution in [2.75, 3.05) is 26.9 Å². The predicted octanol–water partition coefficient (Wildman–Crippen LogP) is 0.749. The van der Waals surface area contributed by atoms with E-state index in [9.17, 15) is 9.59 Å². The standard InChI is InChI=1S/C12H13ClN2O4/c1-18-12(17)9-7-19-5-4-15(9)11(16)8-2-3-10(13)14-6-8/h2-3,6,9H,4-5,7H2,1H3. The van der Waals surface area contributed by atoms with Gasteiger partial charge in [0.1, 0.15) is 5.15 Å². The SMILES string of the molecule is COC(=O)C1COCCN1C(=O)c1ccc(Cl)nc1. The Bertz CT molecular complexity index is 477. The monoisotopic (exact) mass is 284 g/mol. The first kappa shape index (κ1) is 13.8. The molecule has 2 rings (SSSR count). The van der Waals surface area contributed by atoms with Crippen LogP contribution in [0.25, 0.3) is 0 Å². The number of halogens is 1. The summed E-state index contributed by atoms with van der Waals surface area (Å²) in [6.07, 6.45) is 1.38. The summed E-state index contributed by atoms with van der Waals surface area (Å²) in [5, 5.41) is 0.308. The molecule has 1 amide bonds. The average Bonchev–Trinajstić information content (AvgIpc) is 2.46. The van der Waals surface area contributed by atoms with Crippen LogP contribution in [-0.2, 0) is 14.3 Å². The Balaban J connectivity index is 2.20. The number of hydrogen-bond acceptors (Lipinski definition) is 5. The fourth-order valence-corrected chi connectivity index (χ4v) is 1.96. The highest BCUT2D eigenvalue weighted by Gasteiger charge is 2.34. The number of carbonyl (C=O) groups excluding carboxylic acids is 2. The van der Waals surface area contributed by atoms with Crippen molar-refractivity contribution in [2.24, 2.45) is 0 Å². The lowest BCUT2D eigenvalue weighted by Crippen LogP contribution is -2.53. The zero-order valence-corrected chi connectivity index (χ0v) is 11.1. The number of nitrogens with zero attached hydrogens (tertiary/aromatic N) is 2. The lowest BCUT2D eigenvalue weighted by molar-refractivity contribution is -0.151. The maximum Gasteiger partial charge on any atom is 0.331 e. The Morgan fingerprint density at radius 1 is 1.53 bits per heavy atom. The second-order valence-electron chi connectivity index (χ2n) is 3.98. The van der Waals surface area contributed by atoms with E-state index in [1.165, 1.54) is 24.3 Å². The summed E-state index contributed by atoms with van der Waals surface area (Å²) in [5.74, 6) is -0.780. The van der Waals surface area contributed by atoms with Crippen LogP contribution in [0.15, 0.2) is 18.3 Å².